The molecule has 0 saturated carbocycles. The third-order valence-corrected chi connectivity index (χ3v) is 7.82. The predicted molar refractivity (Wildman–Crippen MR) is 138 cm³/mol. The fourth-order valence-corrected chi connectivity index (χ4v) is 5.89. The predicted octanol–water partition coefficient (Wildman–Crippen LogP) is 3.02. The number of nitrogens with one attached hydrogen (secondary N) is 3. The summed E-state index contributed by atoms with van der Waals surface area (Å²) < 4.78 is 0. The zero-order valence-electron chi connectivity index (χ0n) is 21.3. The van der Waals surface area contributed by atoms with E-state index in [1.807, 2.05) is 12.3 Å². The first-order chi connectivity index (χ1) is 16.6. The molecule has 1 aromatic rings. The lowest BCUT2D eigenvalue weighted by molar-refractivity contribution is -0.125. The first-order valence-electron chi connectivity index (χ1n) is 13.7. The summed E-state index contributed by atoms with van der Waals surface area (Å²) >= 11 is 0. The van der Waals surface area contributed by atoms with Gasteiger partial charge in [-0.25, -0.2) is 4.98 Å². The Bertz CT molecular complexity index is 759. The highest BCUT2D eigenvalue weighted by atomic mass is 16.1. The summed E-state index contributed by atoms with van der Waals surface area (Å²) in [5, 5.41) is 10.3. The normalized spacial score (nSPS) is 25.2. The van der Waals surface area contributed by atoms with E-state index in [0.29, 0.717) is 12.1 Å². The van der Waals surface area contributed by atoms with Crippen molar-refractivity contribution in [1.29, 1.82) is 0 Å². The monoisotopic (exact) mass is 471 g/mol. The van der Waals surface area contributed by atoms with E-state index in [4.69, 9.17) is 4.98 Å². The third kappa shape index (κ3) is 6.81. The molecule has 1 amide bonds. The Labute approximate surface area is 205 Å². The van der Waals surface area contributed by atoms with Gasteiger partial charge in [0.05, 0.1) is 0 Å². The van der Waals surface area contributed by atoms with Crippen molar-refractivity contribution in [2.24, 2.45) is 5.92 Å². The van der Waals surface area contributed by atoms with Crippen LogP contribution in [0.25, 0.3) is 0 Å². The van der Waals surface area contributed by atoms with E-state index in [0.717, 1.165) is 76.7 Å². The van der Waals surface area contributed by atoms with Crippen molar-refractivity contribution in [3.05, 3.63) is 12.3 Å². The van der Waals surface area contributed by atoms with E-state index >= 15 is 0 Å². The summed E-state index contributed by atoms with van der Waals surface area (Å²) in [5.74, 6) is 2.17. The van der Waals surface area contributed by atoms with Crippen LogP contribution in [0.4, 0.5) is 11.8 Å². The number of amides is 1. The van der Waals surface area contributed by atoms with Gasteiger partial charge in [0.15, 0.2) is 0 Å². The van der Waals surface area contributed by atoms with E-state index in [1.165, 1.54) is 32.1 Å². The van der Waals surface area contributed by atoms with Crippen molar-refractivity contribution in [2.75, 3.05) is 49.5 Å². The summed E-state index contributed by atoms with van der Waals surface area (Å²) in [5.41, 5.74) is 0. The topological polar surface area (TPSA) is 85.4 Å². The largest absolute Gasteiger partial charge is 0.356 e. The van der Waals surface area contributed by atoms with Crippen LogP contribution in [-0.4, -0.2) is 78.2 Å². The molecular formula is C26H45N7O. The minimum absolute atomic E-state index is 0.165. The highest BCUT2D eigenvalue weighted by Crippen LogP contribution is 2.26. The van der Waals surface area contributed by atoms with Gasteiger partial charge in [0.2, 0.25) is 11.9 Å². The molecule has 2 unspecified atom stereocenters. The van der Waals surface area contributed by atoms with Crippen LogP contribution in [0.15, 0.2) is 12.3 Å². The molecule has 4 heterocycles. The average Bonchev–Trinajstić information content (AvgIpc) is 3.15. The third-order valence-electron chi connectivity index (χ3n) is 7.82. The number of rotatable bonds is 8. The smallest absolute Gasteiger partial charge is 0.224 e. The van der Waals surface area contributed by atoms with Gasteiger partial charge in [-0.2, -0.15) is 4.98 Å². The second kappa shape index (κ2) is 12.7. The minimum Gasteiger partial charge on any atom is -0.356 e. The standard InChI is InChI=1S/C26H45N7O/c1-20(2)33-19-7-8-22(23(33)11-15-28-25(34)21-9-13-27-14-10-21)30-26-29-16-12-24(31-26)32-17-5-3-4-6-18-32/h12,16,20-23,27H,3-11,13-15,17-19H2,1-2H3,(H,28,34)(H,29,30,31). The first-order valence-corrected chi connectivity index (χ1v) is 13.7. The van der Waals surface area contributed by atoms with Gasteiger partial charge in [0, 0.05) is 49.9 Å². The molecule has 3 fully saturated rings. The Morgan fingerprint density at radius 2 is 1.85 bits per heavy atom. The van der Waals surface area contributed by atoms with Gasteiger partial charge in [-0.05, 0) is 84.5 Å². The Morgan fingerprint density at radius 1 is 1.09 bits per heavy atom. The number of anilines is 2. The number of aromatic nitrogens is 2. The maximum atomic E-state index is 12.6. The van der Waals surface area contributed by atoms with Gasteiger partial charge in [-0.3, -0.25) is 9.69 Å². The molecule has 0 radical (unpaired) electrons. The fraction of sp³-hybridized carbons (Fsp3) is 0.808. The van der Waals surface area contributed by atoms with Crippen molar-refractivity contribution in [3.63, 3.8) is 0 Å². The summed E-state index contributed by atoms with van der Waals surface area (Å²) in [6.07, 6.45) is 12.1. The molecule has 3 aliphatic heterocycles. The van der Waals surface area contributed by atoms with E-state index < -0.39 is 0 Å². The number of nitrogens with zero attached hydrogens (tertiary/aromatic N) is 4. The number of hydrogen-bond donors (Lipinski definition) is 3. The molecule has 3 aliphatic rings. The Hall–Kier alpha value is -1.93. The van der Waals surface area contributed by atoms with Gasteiger partial charge in [-0.1, -0.05) is 12.8 Å². The van der Waals surface area contributed by atoms with E-state index in [2.05, 4.69) is 44.6 Å². The molecule has 3 N–H and O–H groups in total. The van der Waals surface area contributed by atoms with Gasteiger partial charge >= 0.3 is 0 Å². The molecule has 0 bridgehead atoms. The number of carbonyl (C=O) groups excluding carboxylic acids is 1. The number of hydrogen-bond acceptors (Lipinski definition) is 7. The van der Waals surface area contributed by atoms with Crippen molar-refractivity contribution < 1.29 is 4.79 Å². The van der Waals surface area contributed by atoms with Crippen LogP contribution in [0.2, 0.25) is 0 Å². The van der Waals surface area contributed by atoms with Gasteiger partial charge < -0.3 is 20.9 Å². The average molecular weight is 472 g/mol. The molecule has 4 rings (SSSR count). The summed E-state index contributed by atoms with van der Waals surface area (Å²) in [7, 11) is 0. The van der Waals surface area contributed by atoms with Crippen LogP contribution in [0, 0.1) is 5.92 Å². The fourth-order valence-electron chi connectivity index (χ4n) is 5.89. The Morgan fingerprint density at radius 3 is 2.59 bits per heavy atom. The Balaban J connectivity index is 1.38. The molecular weight excluding hydrogens is 426 g/mol. The van der Waals surface area contributed by atoms with Gasteiger partial charge in [0.1, 0.15) is 5.82 Å². The van der Waals surface area contributed by atoms with Crippen LogP contribution < -0.4 is 20.9 Å². The SMILES string of the molecule is CC(C)N1CCCC(Nc2nccc(N3CCCCCC3)n2)C1CCNC(=O)C1CCNCC1. The molecule has 3 saturated heterocycles. The second-order valence-corrected chi connectivity index (χ2v) is 10.5. The molecule has 190 valence electrons. The molecule has 0 aliphatic carbocycles. The number of piperidine rings is 2. The zero-order chi connectivity index (χ0) is 23.8. The lowest BCUT2D eigenvalue weighted by atomic mass is 9.92. The van der Waals surface area contributed by atoms with Crippen LogP contribution >= 0.6 is 0 Å². The number of carbonyl (C=O) groups is 1. The van der Waals surface area contributed by atoms with Crippen molar-refractivity contribution in [2.45, 2.75) is 89.8 Å². The van der Waals surface area contributed by atoms with Crippen LogP contribution in [0.5, 0.6) is 0 Å². The molecule has 2 atom stereocenters. The molecule has 0 spiro atoms. The minimum atomic E-state index is 0.165. The Kier molecular flexibility index (Phi) is 9.39. The van der Waals surface area contributed by atoms with Gasteiger partial charge in [-0.15, -0.1) is 0 Å². The van der Waals surface area contributed by atoms with Crippen molar-refractivity contribution in [3.8, 4) is 0 Å². The van der Waals surface area contributed by atoms with Crippen molar-refractivity contribution >= 4 is 17.7 Å². The van der Waals surface area contributed by atoms with Crippen molar-refractivity contribution in [1.82, 2.24) is 25.5 Å². The molecule has 0 aromatic carbocycles. The maximum Gasteiger partial charge on any atom is 0.224 e. The van der Waals surface area contributed by atoms with Crippen LogP contribution in [0.1, 0.15) is 71.6 Å². The highest BCUT2D eigenvalue weighted by molar-refractivity contribution is 5.78. The maximum absolute atomic E-state index is 12.6. The highest BCUT2D eigenvalue weighted by Gasteiger charge is 2.33. The molecule has 34 heavy (non-hydrogen) atoms. The van der Waals surface area contributed by atoms with E-state index in [-0.39, 0.29) is 17.9 Å². The molecule has 8 heteroatoms. The first kappa shape index (κ1) is 25.2. The van der Waals surface area contributed by atoms with E-state index in [1.54, 1.807) is 0 Å². The lowest BCUT2D eigenvalue weighted by Crippen LogP contribution is -2.55. The van der Waals surface area contributed by atoms with Crippen LogP contribution in [-0.2, 0) is 4.79 Å². The molecule has 8 nitrogen and oxygen atoms in total. The van der Waals surface area contributed by atoms with E-state index in [9.17, 15) is 4.79 Å². The molecule has 1 aromatic heterocycles. The number of likely N-dealkylation sites (tertiary alicyclic amines) is 1. The van der Waals surface area contributed by atoms with Crippen LogP contribution in [0.3, 0.4) is 0 Å². The lowest BCUT2D eigenvalue weighted by Gasteiger charge is -2.44. The quantitative estimate of drug-likeness (QED) is 0.537. The second-order valence-electron chi connectivity index (χ2n) is 10.5. The zero-order valence-corrected chi connectivity index (χ0v) is 21.3. The summed E-state index contributed by atoms with van der Waals surface area (Å²) in [6, 6.07) is 3.16. The summed E-state index contributed by atoms with van der Waals surface area (Å²) in [4.78, 5) is 27.2. The summed E-state index contributed by atoms with van der Waals surface area (Å²) in [6.45, 7) is 10.5. The van der Waals surface area contributed by atoms with Gasteiger partial charge in [0.25, 0.3) is 0 Å².